The number of aromatic nitrogens is 2. The third-order valence-electron chi connectivity index (χ3n) is 3.81. The quantitative estimate of drug-likeness (QED) is 0.550. The summed E-state index contributed by atoms with van der Waals surface area (Å²) in [5, 5.41) is 0. The third kappa shape index (κ3) is 3.04. The molecule has 0 radical (unpaired) electrons. The van der Waals surface area contributed by atoms with Crippen molar-refractivity contribution in [1.82, 2.24) is 9.13 Å². The second kappa shape index (κ2) is 6.12. The van der Waals surface area contributed by atoms with Gasteiger partial charge in [-0.3, -0.25) is 13.9 Å². The molecule has 0 amide bonds. The van der Waals surface area contributed by atoms with E-state index in [4.69, 9.17) is 4.74 Å². The summed E-state index contributed by atoms with van der Waals surface area (Å²) >= 11 is 0. The smallest absolute Gasteiger partial charge is 0.328 e. The number of rotatable bonds is 4. The number of esters is 1. The fourth-order valence-electron chi connectivity index (χ4n) is 2.64. The molecule has 0 aliphatic heterocycles. The van der Waals surface area contributed by atoms with Gasteiger partial charge in [0, 0.05) is 13.6 Å². The van der Waals surface area contributed by atoms with Crippen molar-refractivity contribution < 1.29 is 9.53 Å². The van der Waals surface area contributed by atoms with Gasteiger partial charge in [0.1, 0.15) is 5.75 Å². The van der Waals surface area contributed by atoms with E-state index in [1.807, 2.05) is 49.4 Å². The molecule has 5 nitrogen and oxygen atoms in total. The number of hydrogen-bond acceptors (Lipinski definition) is 3. The van der Waals surface area contributed by atoms with Crippen molar-refractivity contribution in [2.45, 2.75) is 19.9 Å². The minimum atomic E-state index is -0.351. The van der Waals surface area contributed by atoms with Crippen LogP contribution in [0.1, 0.15) is 12.0 Å². The van der Waals surface area contributed by atoms with Gasteiger partial charge in [0.05, 0.1) is 17.5 Å². The summed E-state index contributed by atoms with van der Waals surface area (Å²) in [7, 11) is 1.73. The normalized spacial score (nSPS) is 10.9. The zero-order valence-electron chi connectivity index (χ0n) is 13.2. The van der Waals surface area contributed by atoms with Crippen molar-refractivity contribution in [3.63, 3.8) is 0 Å². The van der Waals surface area contributed by atoms with Crippen molar-refractivity contribution in [1.29, 1.82) is 0 Å². The van der Waals surface area contributed by atoms with Crippen LogP contribution in [0.15, 0.2) is 53.3 Å². The molecule has 0 bridgehead atoms. The van der Waals surface area contributed by atoms with E-state index in [2.05, 4.69) is 0 Å². The van der Waals surface area contributed by atoms with Crippen molar-refractivity contribution in [3.05, 3.63) is 64.6 Å². The Kier molecular flexibility index (Phi) is 4.02. The fraction of sp³-hybridized carbons (Fsp3) is 0.222. The van der Waals surface area contributed by atoms with Crippen LogP contribution in [0, 0.1) is 6.92 Å². The van der Waals surface area contributed by atoms with E-state index in [-0.39, 0.29) is 18.1 Å². The summed E-state index contributed by atoms with van der Waals surface area (Å²) in [4.78, 5) is 24.3. The number of fused-ring (bicyclic) bond motifs is 1. The first kappa shape index (κ1) is 15.1. The lowest BCUT2D eigenvalue weighted by atomic mass is 10.2. The molecule has 0 fully saturated rings. The van der Waals surface area contributed by atoms with Crippen LogP contribution in [-0.4, -0.2) is 15.1 Å². The topological polar surface area (TPSA) is 53.2 Å². The predicted octanol–water partition coefficient (Wildman–Crippen LogP) is 2.64. The second-order valence-corrected chi connectivity index (χ2v) is 5.52. The van der Waals surface area contributed by atoms with E-state index < -0.39 is 0 Å². The zero-order valence-corrected chi connectivity index (χ0v) is 13.2. The molecule has 5 heteroatoms. The van der Waals surface area contributed by atoms with Gasteiger partial charge in [-0.1, -0.05) is 24.3 Å². The highest BCUT2D eigenvalue weighted by molar-refractivity contribution is 5.76. The summed E-state index contributed by atoms with van der Waals surface area (Å²) in [6, 6.07) is 14.9. The van der Waals surface area contributed by atoms with Crippen molar-refractivity contribution >= 4 is 17.0 Å². The molecule has 0 aliphatic rings. The number of para-hydroxylation sites is 2. The van der Waals surface area contributed by atoms with Crippen LogP contribution < -0.4 is 10.4 Å². The van der Waals surface area contributed by atoms with Gasteiger partial charge in [0.2, 0.25) is 0 Å². The highest BCUT2D eigenvalue weighted by atomic mass is 16.5. The van der Waals surface area contributed by atoms with E-state index in [0.29, 0.717) is 12.3 Å². The van der Waals surface area contributed by atoms with Gasteiger partial charge in [-0.2, -0.15) is 0 Å². The van der Waals surface area contributed by atoms with Gasteiger partial charge in [0.15, 0.2) is 0 Å². The van der Waals surface area contributed by atoms with E-state index in [9.17, 15) is 9.59 Å². The van der Waals surface area contributed by atoms with Crippen LogP contribution in [0.2, 0.25) is 0 Å². The number of carbonyl (C=O) groups excluding carboxylic acids is 1. The molecule has 0 atom stereocenters. The number of imidazole rings is 1. The molecule has 3 rings (SSSR count). The number of carbonyl (C=O) groups is 1. The number of ether oxygens (including phenoxy) is 1. The Morgan fingerprint density at radius 1 is 1.09 bits per heavy atom. The molecule has 1 aromatic heterocycles. The van der Waals surface area contributed by atoms with Gasteiger partial charge in [-0.05, 0) is 36.8 Å². The first-order chi connectivity index (χ1) is 11.1. The minimum Gasteiger partial charge on any atom is -0.426 e. The first-order valence-corrected chi connectivity index (χ1v) is 7.48. The molecule has 0 saturated heterocycles. The Morgan fingerprint density at radius 2 is 1.83 bits per heavy atom. The molecule has 2 aromatic carbocycles. The highest BCUT2D eigenvalue weighted by Gasteiger charge is 2.12. The van der Waals surface area contributed by atoms with Crippen molar-refractivity contribution in [2.75, 3.05) is 0 Å². The average Bonchev–Trinajstić information content (AvgIpc) is 2.77. The maximum absolute atomic E-state index is 12.3. The van der Waals surface area contributed by atoms with E-state index in [1.165, 1.54) is 0 Å². The average molecular weight is 310 g/mol. The third-order valence-corrected chi connectivity index (χ3v) is 3.81. The molecule has 0 spiro atoms. The molecule has 1 heterocycles. The molecule has 0 saturated carbocycles. The summed E-state index contributed by atoms with van der Waals surface area (Å²) in [5.41, 5.74) is 2.57. The zero-order chi connectivity index (χ0) is 16.4. The standard InChI is InChI=1S/C18H18N2O3/c1-13-6-5-7-14(12-13)23-17(21)10-11-20-16-9-4-3-8-15(16)19(2)18(20)22/h3-9,12H,10-11H2,1-2H3. The minimum absolute atomic E-state index is 0.130. The van der Waals surface area contributed by atoms with Crippen LogP contribution in [0.5, 0.6) is 5.75 Å². The Balaban J connectivity index is 1.75. The van der Waals surface area contributed by atoms with Gasteiger partial charge in [-0.15, -0.1) is 0 Å². The maximum atomic E-state index is 12.3. The molecule has 0 aliphatic carbocycles. The molecular formula is C18H18N2O3. The molecule has 0 N–H and O–H groups in total. The lowest BCUT2D eigenvalue weighted by Crippen LogP contribution is -2.24. The predicted molar refractivity (Wildman–Crippen MR) is 88.6 cm³/mol. The number of benzene rings is 2. The summed E-state index contributed by atoms with van der Waals surface area (Å²) in [5.74, 6) is 0.177. The van der Waals surface area contributed by atoms with Crippen molar-refractivity contribution in [3.8, 4) is 5.75 Å². The summed E-state index contributed by atoms with van der Waals surface area (Å²) in [6.45, 7) is 2.23. The van der Waals surface area contributed by atoms with Gasteiger partial charge < -0.3 is 4.74 Å². The lowest BCUT2D eigenvalue weighted by molar-refractivity contribution is -0.134. The number of nitrogens with zero attached hydrogens (tertiary/aromatic N) is 2. The van der Waals surface area contributed by atoms with Gasteiger partial charge in [0.25, 0.3) is 0 Å². The Bertz CT molecular complexity index is 921. The lowest BCUT2D eigenvalue weighted by Gasteiger charge is -2.06. The molecule has 3 aromatic rings. The van der Waals surface area contributed by atoms with Crippen LogP contribution in [0.4, 0.5) is 0 Å². The Hall–Kier alpha value is -2.82. The van der Waals surface area contributed by atoms with Crippen LogP contribution >= 0.6 is 0 Å². The largest absolute Gasteiger partial charge is 0.426 e. The Morgan fingerprint density at radius 3 is 2.57 bits per heavy atom. The monoisotopic (exact) mass is 310 g/mol. The van der Waals surface area contributed by atoms with E-state index in [0.717, 1.165) is 16.6 Å². The summed E-state index contributed by atoms with van der Waals surface area (Å²) < 4.78 is 8.50. The molecule has 0 unspecified atom stereocenters. The first-order valence-electron chi connectivity index (χ1n) is 7.48. The fourth-order valence-corrected chi connectivity index (χ4v) is 2.64. The second-order valence-electron chi connectivity index (χ2n) is 5.52. The highest BCUT2D eigenvalue weighted by Crippen LogP contribution is 2.14. The molecule has 23 heavy (non-hydrogen) atoms. The number of hydrogen-bond donors (Lipinski definition) is 0. The van der Waals surface area contributed by atoms with E-state index in [1.54, 1.807) is 22.2 Å². The Labute approximate surface area is 133 Å². The van der Waals surface area contributed by atoms with Gasteiger partial charge >= 0.3 is 11.7 Å². The van der Waals surface area contributed by atoms with Crippen LogP contribution in [-0.2, 0) is 18.4 Å². The van der Waals surface area contributed by atoms with Crippen LogP contribution in [0.25, 0.3) is 11.0 Å². The summed E-state index contributed by atoms with van der Waals surface area (Å²) in [6.07, 6.45) is 0.141. The maximum Gasteiger partial charge on any atom is 0.328 e. The molecule has 118 valence electrons. The molecular weight excluding hydrogens is 292 g/mol. The van der Waals surface area contributed by atoms with Gasteiger partial charge in [-0.25, -0.2) is 4.79 Å². The van der Waals surface area contributed by atoms with Crippen molar-refractivity contribution in [2.24, 2.45) is 7.05 Å². The SMILES string of the molecule is Cc1cccc(OC(=O)CCn2c(=O)n(C)c3ccccc32)c1. The number of aryl methyl sites for hydroxylation is 3. The van der Waals surface area contributed by atoms with Crippen LogP contribution in [0.3, 0.4) is 0 Å². The van der Waals surface area contributed by atoms with E-state index >= 15 is 0 Å².